The fourth-order valence-electron chi connectivity index (χ4n) is 5.80. The molecule has 2 heteroatoms. The standard InChI is InChI=1S/C19H36N2/c1-16-6-5-10-19(12-16,14-20-2)15-21-11-9-17-7-3-4-8-18(17)13-21/h16-18,20H,3-15H2,1-2H3. The van der Waals surface area contributed by atoms with E-state index in [1.807, 2.05) is 0 Å². The van der Waals surface area contributed by atoms with Gasteiger partial charge in [0.15, 0.2) is 0 Å². The van der Waals surface area contributed by atoms with Crippen LogP contribution in [-0.2, 0) is 0 Å². The van der Waals surface area contributed by atoms with Gasteiger partial charge in [-0.3, -0.25) is 0 Å². The van der Waals surface area contributed by atoms with Gasteiger partial charge in [0.1, 0.15) is 0 Å². The van der Waals surface area contributed by atoms with Crippen molar-refractivity contribution in [1.82, 2.24) is 10.2 Å². The van der Waals surface area contributed by atoms with Crippen LogP contribution in [0.2, 0.25) is 0 Å². The number of nitrogens with one attached hydrogen (secondary N) is 1. The second kappa shape index (κ2) is 7.00. The zero-order valence-corrected chi connectivity index (χ0v) is 14.4. The van der Waals surface area contributed by atoms with E-state index < -0.39 is 0 Å². The molecule has 0 aromatic carbocycles. The van der Waals surface area contributed by atoms with Gasteiger partial charge in [-0.1, -0.05) is 39.0 Å². The lowest BCUT2D eigenvalue weighted by atomic mass is 9.68. The van der Waals surface area contributed by atoms with Crippen molar-refractivity contribution in [1.29, 1.82) is 0 Å². The summed E-state index contributed by atoms with van der Waals surface area (Å²) >= 11 is 0. The van der Waals surface area contributed by atoms with Gasteiger partial charge in [-0.15, -0.1) is 0 Å². The third-order valence-electron chi connectivity index (χ3n) is 6.67. The van der Waals surface area contributed by atoms with Crippen LogP contribution in [0.5, 0.6) is 0 Å². The highest BCUT2D eigenvalue weighted by atomic mass is 15.1. The van der Waals surface area contributed by atoms with Crippen LogP contribution < -0.4 is 5.32 Å². The molecule has 1 aliphatic heterocycles. The van der Waals surface area contributed by atoms with Gasteiger partial charge in [0, 0.05) is 19.6 Å². The first kappa shape index (κ1) is 15.8. The zero-order valence-electron chi connectivity index (χ0n) is 14.4. The first-order valence-corrected chi connectivity index (χ1v) is 9.58. The Balaban J connectivity index is 1.60. The number of hydrogen-bond donors (Lipinski definition) is 1. The van der Waals surface area contributed by atoms with Gasteiger partial charge >= 0.3 is 0 Å². The molecule has 3 aliphatic rings. The second-order valence-corrected chi connectivity index (χ2v) is 8.56. The summed E-state index contributed by atoms with van der Waals surface area (Å²) in [7, 11) is 2.15. The van der Waals surface area contributed by atoms with Crippen LogP contribution in [0, 0.1) is 23.2 Å². The topological polar surface area (TPSA) is 15.3 Å². The van der Waals surface area contributed by atoms with Crippen LogP contribution in [-0.4, -0.2) is 38.1 Å². The van der Waals surface area contributed by atoms with E-state index in [0.29, 0.717) is 5.41 Å². The smallest absolute Gasteiger partial charge is 0.00504 e. The quantitative estimate of drug-likeness (QED) is 0.845. The average Bonchev–Trinajstić information content (AvgIpc) is 2.47. The summed E-state index contributed by atoms with van der Waals surface area (Å²) in [5, 5.41) is 3.52. The summed E-state index contributed by atoms with van der Waals surface area (Å²) in [5.74, 6) is 3.03. The number of rotatable bonds is 4. The molecule has 2 nitrogen and oxygen atoms in total. The van der Waals surface area contributed by atoms with Crippen LogP contribution in [0.15, 0.2) is 0 Å². The third kappa shape index (κ3) is 3.82. The predicted molar refractivity (Wildman–Crippen MR) is 90.5 cm³/mol. The Morgan fingerprint density at radius 3 is 2.62 bits per heavy atom. The fraction of sp³-hybridized carbons (Fsp3) is 1.00. The normalized spacial score (nSPS) is 41.7. The molecular formula is C19H36N2. The van der Waals surface area contributed by atoms with Gasteiger partial charge < -0.3 is 10.2 Å². The molecule has 2 aliphatic carbocycles. The maximum atomic E-state index is 3.52. The van der Waals surface area contributed by atoms with Crippen LogP contribution in [0.4, 0.5) is 0 Å². The highest BCUT2D eigenvalue weighted by molar-refractivity contribution is 4.92. The van der Waals surface area contributed by atoms with Gasteiger partial charge in [0.05, 0.1) is 0 Å². The predicted octanol–water partition coefficient (Wildman–Crippen LogP) is 3.91. The summed E-state index contributed by atoms with van der Waals surface area (Å²) < 4.78 is 0. The van der Waals surface area contributed by atoms with Crippen molar-refractivity contribution in [2.24, 2.45) is 23.2 Å². The number of likely N-dealkylation sites (tertiary alicyclic amines) is 1. The highest BCUT2D eigenvalue weighted by Crippen LogP contribution is 2.42. The van der Waals surface area contributed by atoms with E-state index >= 15 is 0 Å². The van der Waals surface area contributed by atoms with Crippen LogP contribution in [0.1, 0.15) is 64.7 Å². The summed E-state index contributed by atoms with van der Waals surface area (Å²) in [6, 6.07) is 0. The number of piperidine rings is 1. The molecule has 4 atom stereocenters. The minimum absolute atomic E-state index is 0.563. The Labute approximate surface area is 132 Å². The highest BCUT2D eigenvalue weighted by Gasteiger charge is 2.38. The van der Waals surface area contributed by atoms with Crippen molar-refractivity contribution >= 4 is 0 Å². The fourth-order valence-corrected chi connectivity index (χ4v) is 5.80. The molecule has 0 radical (unpaired) electrons. The molecule has 4 unspecified atom stereocenters. The van der Waals surface area contributed by atoms with E-state index in [-0.39, 0.29) is 0 Å². The van der Waals surface area contributed by atoms with Crippen LogP contribution in [0.3, 0.4) is 0 Å². The van der Waals surface area contributed by atoms with Gasteiger partial charge in [-0.2, -0.15) is 0 Å². The molecule has 21 heavy (non-hydrogen) atoms. The largest absolute Gasteiger partial charge is 0.319 e. The molecule has 1 N–H and O–H groups in total. The molecule has 3 rings (SSSR count). The first-order chi connectivity index (χ1) is 10.2. The lowest BCUT2D eigenvalue weighted by Gasteiger charge is -2.47. The molecule has 122 valence electrons. The summed E-state index contributed by atoms with van der Waals surface area (Å²) in [5.41, 5.74) is 0.563. The van der Waals surface area contributed by atoms with Crippen LogP contribution in [0.25, 0.3) is 0 Å². The first-order valence-electron chi connectivity index (χ1n) is 9.58. The Morgan fingerprint density at radius 1 is 1.05 bits per heavy atom. The lowest BCUT2D eigenvalue weighted by molar-refractivity contribution is 0.0284. The van der Waals surface area contributed by atoms with E-state index in [1.54, 1.807) is 0 Å². The van der Waals surface area contributed by atoms with Crippen molar-refractivity contribution < 1.29 is 0 Å². The zero-order chi connectivity index (χ0) is 14.7. The van der Waals surface area contributed by atoms with Crippen LogP contribution >= 0.6 is 0 Å². The molecule has 0 bridgehead atoms. The Morgan fingerprint density at radius 2 is 1.86 bits per heavy atom. The molecule has 2 saturated carbocycles. The van der Waals surface area contributed by atoms with Gasteiger partial charge in [-0.25, -0.2) is 0 Å². The van der Waals surface area contributed by atoms with Crippen molar-refractivity contribution in [2.75, 3.05) is 33.2 Å². The summed E-state index contributed by atoms with van der Waals surface area (Å²) in [4.78, 5) is 2.85. The number of hydrogen-bond acceptors (Lipinski definition) is 2. The Bertz CT molecular complexity index is 326. The maximum Gasteiger partial charge on any atom is 0.00504 e. The van der Waals surface area contributed by atoms with Crippen molar-refractivity contribution in [2.45, 2.75) is 64.7 Å². The molecular weight excluding hydrogens is 256 g/mol. The van der Waals surface area contributed by atoms with Crippen molar-refractivity contribution in [3.63, 3.8) is 0 Å². The molecule has 3 fully saturated rings. The lowest BCUT2D eigenvalue weighted by Crippen LogP contribution is -2.50. The monoisotopic (exact) mass is 292 g/mol. The van der Waals surface area contributed by atoms with E-state index in [1.165, 1.54) is 84.0 Å². The number of fused-ring (bicyclic) bond motifs is 1. The molecule has 1 saturated heterocycles. The maximum absolute atomic E-state index is 3.52. The van der Waals surface area contributed by atoms with E-state index in [4.69, 9.17) is 0 Å². The van der Waals surface area contributed by atoms with Gasteiger partial charge in [-0.05, 0) is 62.4 Å². The molecule has 0 amide bonds. The SMILES string of the molecule is CNCC1(CN2CCC3CCCCC3C2)CCCC(C)C1. The van der Waals surface area contributed by atoms with Gasteiger partial charge in [0.25, 0.3) is 0 Å². The Kier molecular flexibility index (Phi) is 5.27. The second-order valence-electron chi connectivity index (χ2n) is 8.56. The Hall–Kier alpha value is -0.0800. The van der Waals surface area contributed by atoms with Crippen molar-refractivity contribution in [3.8, 4) is 0 Å². The van der Waals surface area contributed by atoms with Crippen molar-refractivity contribution in [3.05, 3.63) is 0 Å². The number of nitrogens with zero attached hydrogens (tertiary/aromatic N) is 1. The third-order valence-corrected chi connectivity index (χ3v) is 6.67. The minimum atomic E-state index is 0.563. The molecule has 1 heterocycles. The van der Waals surface area contributed by atoms with E-state index in [2.05, 4.69) is 24.2 Å². The van der Waals surface area contributed by atoms with E-state index in [0.717, 1.165) is 17.8 Å². The summed E-state index contributed by atoms with van der Waals surface area (Å²) in [6.07, 6.45) is 13.3. The molecule has 0 spiro atoms. The van der Waals surface area contributed by atoms with E-state index in [9.17, 15) is 0 Å². The average molecular weight is 293 g/mol. The molecule has 0 aromatic rings. The molecule has 0 aromatic heterocycles. The minimum Gasteiger partial charge on any atom is -0.319 e. The summed E-state index contributed by atoms with van der Waals surface area (Å²) in [6.45, 7) is 7.84. The van der Waals surface area contributed by atoms with Gasteiger partial charge in [0.2, 0.25) is 0 Å².